The number of carbonyl (C=O) groups is 1. The second-order valence-electron chi connectivity index (χ2n) is 5.73. The average molecular weight is 327 g/mol. The molecule has 106 valence electrons. The Balaban J connectivity index is 1.83. The summed E-state index contributed by atoms with van der Waals surface area (Å²) in [5, 5.41) is 4.33. The van der Waals surface area contributed by atoms with Crippen molar-refractivity contribution in [1.82, 2.24) is 9.78 Å². The van der Waals surface area contributed by atoms with Gasteiger partial charge in [-0.15, -0.1) is 0 Å². The van der Waals surface area contributed by atoms with Gasteiger partial charge >= 0.3 is 0 Å². The fraction of sp³-hybridized carbons (Fsp3) is 0.733. The molecule has 4 heteroatoms. The van der Waals surface area contributed by atoms with Crippen LogP contribution in [0.5, 0.6) is 0 Å². The van der Waals surface area contributed by atoms with Gasteiger partial charge in [0.15, 0.2) is 0 Å². The van der Waals surface area contributed by atoms with Crippen LogP contribution in [-0.4, -0.2) is 15.6 Å². The van der Waals surface area contributed by atoms with Gasteiger partial charge in [0.2, 0.25) is 0 Å². The molecular weight excluding hydrogens is 304 g/mol. The molecule has 0 aromatic carbocycles. The molecule has 19 heavy (non-hydrogen) atoms. The molecule has 1 heterocycles. The number of aromatic nitrogens is 2. The molecule has 1 aromatic rings. The molecule has 0 aliphatic heterocycles. The smallest absolute Gasteiger partial charge is 0.138 e. The van der Waals surface area contributed by atoms with Gasteiger partial charge in [-0.05, 0) is 35.2 Å². The normalized spacial score (nSPS) is 16.8. The number of Topliss-reactive ketones (excluding diaryl/α,β-unsaturated/α-hetero) is 1. The Morgan fingerprint density at radius 1 is 1.37 bits per heavy atom. The van der Waals surface area contributed by atoms with Gasteiger partial charge in [0.25, 0.3) is 0 Å². The lowest BCUT2D eigenvalue weighted by Gasteiger charge is -2.20. The summed E-state index contributed by atoms with van der Waals surface area (Å²) in [4.78, 5) is 12.1. The third kappa shape index (κ3) is 3.91. The van der Waals surface area contributed by atoms with Crippen LogP contribution in [-0.2, 0) is 18.3 Å². The molecule has 1 aromatic heterocycles. The molecule has 2 rings (SSSR count). The standard InChI is InChI=1S/C15H23BrN2O/c1-11-15(16)14(18(2)17-11)10-13(19)9-8-12-6-4-3-5-7-12/h12H,3-10H2,1-2H3. The first-order chi connectivity index (χ1) is 9.08. The number of aryl methyl sites for hydroxylation is 2. The first kappa shape index (κ1) is 14.8. The highest BCUT2D eigenvalue weighted by atomic mass is 79.9. The summed E-state index contributed by atoms with van der Waals surface area (Å²) >= 11 is 3.52. The SMILES string of the molecule is Cc1nn(C)c(CC(=O)CCC2CCCCC2)c1Br. The lowest BCUT2D eigenvalue weighted by molar-refractivity contribution is -0.118. The summed E-state index contributed by atoms with van der Waals surface area (Å²) < 4.78 is 2.80. The van der Waals surface area contributed by atoms with Crippen molar-refractivity contribution in [3.05, 3.63) is 15.9 Å². The van der Waals surface area contributed by atoms with Crippen molar-refractivity contribution in [3.63, 3.8) is 0 Å². The highest BCUT2D eigenvalue weighted by Gasteiger charge is 2.17. The number of halogens is 1. The molecule has 0 spiro atoms. The van der Waals surface area contributed by atoms with Crippen LogP contribution in [0.2, 0.25) is 0 Å². The molecule has 0 saturated heterocycles. The topological polar surface area (TPSA) is 34.9 Å². The van der Waals surface area contributed by atoms with E-state index in [1.807, 2.05) is 18.7 Å². The molecule has 0 atom stereocenters. The summed E-state index contributed by atoms with van der Waals surface area (Å²) in [7, 11) is 1.90. The molecule has 0 amide bonds. The first-order valence-corrected chi connectivity index (χ1v) is 8.07. The minimum absolute atomic E-state index is 0.342. The van der Waals surface area contributed by atoms with Gasteiger partial charge < -0.3 is 0 Å². The van der Waals surface area contributed by atoms with Crippen LogP contribution in [0.3, 0.4) is 0 Å². The van der Waals surface area contributed by atoms with E-state index in [1.54, 1.807) is 0 Å². The Morgan fingerprint density at radius 3 is 2.63 bits per heavy atom. The van der Waals surface area contributed by atoms with Gasteiger partial charge in [-0.25, -0.2) is 0 Å². The monoisotopic (exact) mass is 326 g/mol. The minimum atomic E-state index is 0.342. The molecule has 0 radical (unpaired) electrons. The second-order valence-corrected chi connectivity index (χ2v) is 6.52. The maximum absolute atomic E-state index is 12.1. The van der Waals surface area contributed by atoms with E-state index < -0.39 is 0 Å². The maximum Gasteiger partial charge on any atom is 0.138 e. The van der Waals surface area contributed by atoms with E-state index in [0.29, 0.717) is 12.2 Å². The number of ketones is 1. The molecular formula is C15H23BrN2O. The molecule has 1 aliphatic rings. The van der Waals surface area contributed by atoms with Gasteiger partial charge in [0.1, 0.15) is 5.78 Å². The van der Waals surface area contributed by atoms with Crippen molar-refractivity contribution in [1.29, 1.82) is 0 Å². The van der Waals surface area contributed by atoms with E-state index in [0.717, 1.165) is 34.6 Å². The average Bonchev–Trinajstić information content (AvgIpc) is 2.64. The largest absolute Gasteiger partial charge is 0.299 e. The van der Waals surface area contributed by atoms with Crippen LogP contribution in [0, 0.1) is 12.8 Å². The van der Waals surface area contributed by atoms with Crippen LogP contribution < -0.4 is 0 Å². The predicted octanol–water partition coefficient (Wildman–Crippen LogP) is 3.96. The zero-order valence-electron chi connectivity index (χ0n) is 11.9. The molecule has 0 unspecified atom stereocenters. The third-order valence-electron chi connectivity index (χ3n) is 4.18. The second kappa shape index (κ2) is 6.69. The van der Waals surface area contributed by atoms with Crippen molar-refractivity contribution in [2.24, 2.45) is 13.0 Å². The summed E-state index contributed by atoms with van der Waals surface area (Å²) in [6.45, 7) is 1.96. The fourth-order valence-corrected chi connectivity index (χ4v) is 3.46. The number of hydrogen-bond donors (Lipinski definition) is 0. The van der Waals surface area contributed by atoms with Crippen molar-refractivity contribution < 1.29 is 4.79 Å². The van der Waals surface area contributed by atoms with E-state index in [4.69, 9.17) is 0 Å². The molecule has 1 saturated carbocycles. The van der Waals surface area contributed by atoms with Crippen molar-refractivity contribution in [2.45, 2.75) is 58.3 Å². The summed E-state index contributed by atoms with van der Waals surface area (Å²) in [5.41, 5.74) is 1.96. The first-order valence-electron chi connectivity index (χ1n) is 7.27. The zero-order valence-corrected chi connectivity index (χ0v) is 13.5. The van der Waals surface area contributed by atoms with Crippen LogP contribution in [0.1, 0.15) is 56.3 Å². The van der Waals surface area contributed by atoms with E-state index >= 15 is 0 Å². The van der Waals surface area contributed by atoms with Gasteiger partial charge in [0.05, 0.1) is 15.9 Å². The third-order valence-corrected chi connectivity index (χ3v) is 5.21. The Morgan fingerprint density at radius 2 is 2.05 bits per heavy atom. The molecule has 1 fully saturated rings. The van der Waals surface area contributed by atoms with Crippen molar-refractivity contribution in [2.75, 3.05) is 0 Å². The lowest BCUT2D eigenvalue weighted by Crippen LogP contribution is -2.12. The zero-order chi connectivity index (χ0) is 13.8. The molecule has 3 nitrogen and oxygen atoms in total. The van der Waals surface area contributed by atoms with Crippen molar-refractivity contribution in [3.8, 4) is 0 Å². The minimum Gasteiger partial charge on any atom is -0.299 e. The highest BCUT2D eigenvalue weighted by Crippen LogP contribution is 2.28. The number of hydrogen-bond acceptors (Lipinski definition) is 2. The van der Waals surface area contributed by atoms with E-state index in [2.05, 4.69) is 21.0 Å². The lowest BCUT2D eigenvalue weighted by atomic mass is 9.85. The van der Waals surface area contributed by atoms with Gasteiger partial charge in [0, 0.05) is 19.9 Å². The van der Waals surface area contributed by atoms with Crippen LogP contribution in [0.25, 0.3) is 0 Å². The van der Waals surface area contributed by atoms with Gasteiger partial charge in [-0.1, -0.05) is 32.1 Å². The quantitative estimate of drug-likeness (QED) is 0.820. The number of rotatable bonds is 5. The Hall–Kier alpha value is -0.640. The number of nitrogens with zero attached hydrogens (tertiary/aromatic N) is 2. The summed E-state index contributed by atoms with van der Waals surface area (Å²) in [5.74, 6) is 1.13. The van der Waals surface area contributed by atoms with Crippen molar-refractivity contribution >= 4 is 21.7 Å². The summed E-state index contributed by atoms with van der Waals surface area (Å²) in [6, 6.07) is 0. The highest BCUT2D eigenvalue weighted by molar-refractivity contribution is 9.10. The maximum atomic E-state index is 12.1. The number of carbonyl (C=O) groups excluding carboxylic acids is 1. The Bertz CT molecular complexity index is 447. The molecule has 1 aliphatic carbocycles. The molecule has 0 N–H and O–H groups in total. The van der Waals surface area contributed by atoms with E-state index in [9.17, 15) is 4.79 Å². The van der Waals surface area contributed by atoms with Gasteiger partial charge in [-0.2, -0.15) is 5.10 Å². The Labute approximate surface area is 123 Å². The van der Waals surface area contributed by atoms with Crippen LogP contribution in [0.15, 0.2) is 4.47 Å². The Kier molecular flexibility index (Phi) is 5.20. The van der Waals surface area contributed by atoms with Gasteiger partial charge in [-0.3, -0.25) is 9.48 Å². The fourth-order valence-electron chi connectivity index (χ4n) is 2.99. The summed E-state index contributed by atoms with van der Waals surface area (Å²) in [6.07, 6.45) is 9.03. The van der Waals surface area contributed by atoms with Crippen LogP contribution >= 0.6 is 15.9 Å². The van der Waals surface area contributed by atoms with Crippen LogP contribution in [0.4, 0.5) is 0 Å². The predicted molar refractivity (Wildman–Crippen MR) is 80.2 cm³/mol. The molecule has 0 bridgehead atoms. The van der Waals surface area contributed by atoms with E-state index in [-0.39, 0.29) is 0 Å². The van der Waals surface area contributed by atoms with E-state index in [1.165, 1.54) is 32.1 Å².